The van der Waals surface area contributed by atoms with Crippen molar-refractivity contribution < 1.29 is 19.0 Å². The van der Waals surface area contributed by atoms with Crippen LogP contribution in [0.2, 0.25) is 0 Å². The van der Waals surface area contributed by atoms with Crippen LogP contribution >= 0.6 is 0 Å². The number of guanidine groups is 1. The van der Waals surface area contributed by atoms with Crippen molar-refractivity contribution in [3.05, 3.63) is 54.1 Å². The molecule has 0 radical (unpaired) electrons. The monoisotopic (exact) mass is 383 g/mol. The molecule has 1 atom stereocenters. The third-order valence-electron chi connectivity index (χ3n) is 4.40. The minimum absolute atomic E-state index is 0.0724. The summed E-state index contributed by atoms with van der Waals surface area (Å²) in [5, 5.41) is 6.00. The second-order valence-corrected chi connectivity index (χ2v) is 6.34. The number of nitrogens with one attached hydrogen (secondary N) is 2. The quantitative estimate of drug-likeness (QED) is 0.592. The Hall–Kier alpha value is -3.06. The molecule has 0 bridgehead atoms. The second-order valence-electron chi connectivity index (χ2n) is 6.34. The number of para-hydroxylation sites is 2. The van der Waals surface area contributed by atoms with Crippen molar-refractivity contribution in [3.63, 3.8) is 0 Å². The highest BCUT2D eigenvalue weighted by Gasteiger charge is 2.17. The van der Waals surface area contributed by atoms with E-state index in [9.17, 15) is 4.79 Å². The van der Waals surface area contributed by atoms with E-state index < -0.39 is 0 Å². The van der Waals surface area contributed by atoms with Gasteiger partial charge in [0.2, 0.25) is 5.96 Å². The van der Waals surface area contributed by atoms with Gasteiger partial charge in [-0.05, 0) is 43.2 Å². The molecule has 1 fully saturated rings. The number of hydrogen-bond donors (Lipinski definition) is 2. The first-order chi connectivity index (χ1) is 13.7. The molecule has 0 spiro atoms. The molecule has 28 heavy (non-hydrogen) atoms. The first-order valence-corrected chi connectivity index (χ1v) is 9.21. The summed E-state index contributed by atoms with van der Waals surface area (Å²) >= 11 is 0. The zero-order valence-corrected chi connectivity index (χ0v) is 16.1. The topological polar surface area (TPSA) is 81.2 Å². The van der Waals surface area contributed by atoms with Crippen LogP contribution in [0.5, 0.6) is 11.5 Å². The van der Waals surface area contributed by atoms with Crippen LogP contribution in [0.4, 0.5) is 5.69 Å². The molecule has 148 valence electrons. The molecule has 0 unspecified atom stereocenters. The minimum Gasteiger partial charge on any atom is -0.497 e. The van der Waals surface area contributed by atoms with E-state index in [-0.39, 0.29) is 12.0 Å². The Morgan fingerprint density at radius 2 is 2.04 bits per heavy atom. The van der Waals surface area contributed by atoms with E-state index in [0.717, 1.165) is 19.4 Å². The number of benzene rings is 2. The van der Waals surface area contributed by atoms with Crippen LogP contribution in [0.15, 0.2) is 53.5 Å². The highest BCUT2D eigenvalue weighted by Crippen LogP contribution is 2.23. The lowest BCUT2D eigenvalue weighted by molar-refractivity contribution is 0.0975. The molecule has 0 aliphatic carbocycles. The SMILES string of the molecule is COc1cccc(C(=O)NC(=NC[C@H]2CCCO2)Nc2ccccc2OC)c1. The molecule has 0 saturated carbocycles. The lowest BCUT2D eigenvalue weighted by atomic mass is 10.2. The summed E-state index contributed by atoms with van der Waals surface area (Å²) in [6.45, 7) is 1.22. The number of aliphatic imine (C=N–C) groups is 1. The molecular weight excluding hydrogens is 358 g/mol. The highest BCUT2D eigenvalue weighted by molar-refractivity contribution is 6.10. The second kappa shape index (κ2) is 9.75. The molecular formula is C21H25N3O4. The van der Waals surface area contributed by atoms with E-state index in [4.69, 9.17) is 14.2 Å². The lowest BCUT2D eigenvalue weighted by Crippen LogP contribution is -2.36. The number of ether oxygens (including phenoxy) is 3. The Labute approximate surface area is 164 Å². The molecule has 7 heteroatoms. The average Bonchev–Trinajstić information content (AvgIpc) is 3.26. The Bertz CT molecular complexity index is 832. The number of rotatable bonds is 6. The largest absolute Gasteiger partial charge is 0.497 e. The normalized spacial score (nSPS) is 16.5. The number of nitrogens with zero attached hydrogens (tertiary/aromatic N) is 1. The maximum atomic E-state index is 12.7. The fourth-order valence-electron chi connectivity index (χ4n) is 2.91. The number of amides is 1. The van der Waals surface area contributed by atoms with Gasteiger partial charge in [0.25, 0.3) is 5.91 Å². The van der Waals surface area contributed by atoms with Gasteiger partial charge in [-0.15, -0.1) is 0 Å². The van der Waals surface area contributed by atoms with Crippen molar-refractivity contribution in [3.8, 4) is 11.5 Å². The van der Waals surface area contributed by atoms with E-state index in [1.165, 1.54) is 0 Å². The van der Waals surface area contributed by atoms with Gasteiger partial charge in [0.1, 0.15) is 11.5 Å². The molecule has 1 aliphatic rings. The standard InChI is InChI=1S/C21H25N3O4/c1-26-16-8-5-7-15(13-16)20(25)24-21(22-14-17-9-6-12-28-17)23-18-10-3-4-11-19(18)27-2/h3-5,7-8,10-11,13,17H,6,9,12,14H2,1-2H3,(H2,22,23,24,25)/t17-/m1/s1. The molecule has 1 heterocycles. The highest BCUT2D eigenvalue weighted by atomic mass is 16.5. The molecule has 1 saturated heterocycles. The summed E-state index contributed by atoms with van der Waals surface area (Å²) < 4.78 is 16.2. The van der Waals surface area contributed by atoms with Crippen molar-refractivity contribution in [2.75, 3.05) is 32.7 Å². The minimum atomic E-state index is -0.285. The molecule has 0 aromatic heterocycles. The summed E-state index contributed by atoms with van der Waals surface area (Å²) in [6.07, 6.45) is 2.07. The molecule has 2 aromatic carbocycles. The molecule has 2 aromatic rings. The van der Waals surface area contributed by atoms with Crippen LogP contribution in [0, 0.1) is 0 Å². The summed E-state index contributed by atoms with van der Waals surface area (Å²) in [4.78, 5) is 17.3. The van der Waals surface area contributed by atoms with Gasteiger partial charge in [-0.25, -0.2) is 4.99 Å². The van der Waals surface area contributed by atoms with Crippen LogP contribution in [0.3, 0.4) is 0 Å². The van der Waals surface area contributed by atoms with Gasteiger partial charge in [-0.2, -0.15) is 0 Å². The molecule has 1 aliphatic heterocycles. The molecule has 3 rings (SSSR count). The third-order valence-corrected chi connectivity index (χ3v) is 4.40. The van der Waals surface area contributed by atoms with Crippen molar-refractivity contribution in [2.45, 2.75) is 18.9 Å². The number of carbonyl (C=O) groups is 1. The molecule has 7 nitrogen and oxygen atoms in total. The number of carbonyl (C=O) groups excluding carboxylic acids is 1. The summed E-state index contributed by atoms with van der Waals surface area (Å²) in [7, 11) is 3.16. The fourth-order valence-corrected chi connectivity index (χ4v) is 2.91. The predicted molar refractivity (Wildman–Crippen MR) is 108 cm³/mol. The maximum Gasteiger partial charge on any atom is 0.258 e. The maximum absolute atomic E-state index is 12.7. The summed E-state index contributed by atoms with van der Waals surface area (Å²) in [5.74, 6) is 1.33. The van der Waals surface area contributed by atoms with Gasteiger partial charge < -0.3 is 19.5 Å². The van der Waals surface area contributed by atoms with Crippen molar-refractivity contribution in [1.82, 2.24) is 5.32 Å². The first kappa shape index (κ1) is 19.7. The third kappa shape index (κ3) is 5.23. The van der Waals surface area contributed by atoms with Crippen LogP contribution in [-0.4, -0.2) is 45.3 Å². The zero-order valence-electron chi connectivity index (χ0n) is 16.1. The van der Waals surface area contributed by atoms with Crippen LogP contribution < -0.4 is 20.1 Å². The van der Waals surface area contributed by atoms with E-state index in [1.54, 1.807) is 38.5 Å². The number of hydrogen-bond acceptors (Lipinski definition) is 5. The Balaban J connectivity index is 1.78. The summed E-state index contributed by atoms with van der Waals surface area (Å²) in [6, 6.07) is 14.4. The molecule has 1 amide bonds. The lowest BCUT2D eigenvalue weighted by Gasteiger charge is -2.15. The van der Waals surface area contributed by atoms with Crippen LogP contribution in [-0.2, 0) is 4.74 Å². The van der Waals surface area contributed by atoms with Gasteiger partial charge in [0.15, 0.2) is 0 Å². The number of anilines is 1. The van der Waals surface area contributed by atoms with Crippen molar-refractivity contribution in [1.29, 1.82) is 0 Å². The van der Waals surface area contributed by atoms with Crippen LogP contribution in [0.25, 0.3) is 0 Å². The first-order valence-electron chi connectivity index (χ1n) is 9.21. The average molecular weight is 383 g/mol. The van der Waals surface area contributed by atoms with Gasteiger partial charge in [-0.3, -0.25) is 10.1 Å². The van der Waals surface area contributed by atoms with Crippen LogP contribution in [0.1, 0.15) is 23.2 Å². The smallest absolute Gasteiger partial charge is 0.258 e. The predicted octanol–water partition coefficient (Wildman–Crippen LogP) is 3.08. The van der Waals surface area contributed by atoms with Crippen molar-refractivity contribution >= 4 is 17.6 Å². The molecule has 2 N–H and O–H groups in total. The zero-order chi connectivity index (χ0) is 19.8. The Morgan fingerprint density at radius 3 is 2.79 bits per heavy atom. The van der Waals surface area contributed by atoms with E-state index >= 15 is 0 Å². The van der Waals surface area contributed by atoms with Gasteiger partial charge in [0, 0.05) is 12.2 Å². The number of methoxy groups -OCH3 is 2. The van der Waals surface area contributed by atoms with Gasteiger partial charge in [0.05, 0.1) is 32.6 Å². The van der Waals surface area contributed by atoms with Gasteiger partial charge in [-0.1, -0.05) is 18.2 Å². The van der Waals surface area contributed by atoms with Gasteiger partial charge >= 0.3 is 0 Å². The fraction of sp³-hybridized carbons (Fsp3) is 0.333. The van der Waals surface area contributed by atoms with E-state index in [2.05, 4.69) is 15.6 Å². The van der Waals surface area contributed by atoms with E-state index in [1.807, 2.05) is 24.3 Å². The van der Waals surface area contributed by atoms with Crippen molar-refractivity contribution in [2.24, 2.45) is 4.99 Å². The summed E-state index contributed by atoms with van der Waals surface area (Å²) in [5.41, 5.74) is 1.19. The Kier molecular flexibility index (Phi) is 6.86. The Morgan fingerprint density at radius 1 is 1.18 bits per heavy atom. The van der Waals surface area contributed by atoms with E-state index in [0.29, 0.717) is 35.3 Å².